The van der Waals surface area contributed by atoms with Crippen LogP contribution in [0.1, 0.15) is 11.6 Å². The Kier molecular flexibility index (Phi) is 4.99. The summed E-state index contributed by atoms with van der Waals surface area (Å²) in [4.78, 5) is 10.7. The van der Waals surface area contributed by atoms with Crippen molar-refractivity contribution in [2.24, 2.45) is 0 Å². The molecule has 0 saturated heterocycles. The highest BCUT2D eigenvalue weighted by atomic mass is 35.5. The normalized spacial score (nSPS) is 18.3. The second kappa shape index (κ2) is 5.29. The average Bonchev–Trinajstić information content (AvgIpc) is 2.47. The topological polar surface area (TPSA) is 80.0 Å². The molecule has 0 bridgehead atoms. The Morgan fingerprint density at radius 2 is 2.20 bits per heavy atom. The van der Waals surface area contributed by atoms with E-state index in [-0.39, 0.29) is 24.8 Å². The molecule has 0 aliphatic carbocycles. The second-order valence-electron chi connectivity index (χ2n) is 3.05. The summed E-state index contributed by atoms with van der Waals surface area (Å²) >= 11 is 0. The lowest BCUT2D eigenvalue weighted by Crippen LogP contribution is -2.44. The van der Waals surface area contributed by atoms with Crippen LogP contribution in [0.4, 0.5) is 0 Å². The van der Waals surface area contributed by atoms with Crippen LogP contribution in [0, 0.1) is 6.92 Å². The third-order valence-corrected chi connectivity index (χ3v) is 2.18. The molecule has 0 amide bonds. The fourth-order valence-corrected chi connectivity index (χ4v) is 1.42. The number of fused-ring (bicyclic) bond motifs is 1. The van der Waals surface area contributed by atoms with E-state index in [1.165, 1.54) is 0 Å². The molecule has 6 nitrogen and oxygen atoms in total. The smallest absolute Gasteiger partial charge is 0.322 e. The van der Waals surface area contributed by atoms with Gasteiger partial charge in [0.25, 0.3) is 0 Å². The highest BCUT2D eigenvalue weighted by Gasteiger charge is 2.25. The molecule has 0 fully saturated rings. The number of nitrogens with zero attached hydrogens (tertiary/aromatic N) is 3. The molecule has 0 spiro atoms. The zero-order valence-corrected chi connectivity index (χ0v) is 9.64. The summed E-state index contributed by atoms with van der Waals surface area (Å²) < 4.78 is 1.83. The lowest BCUT2D eigenvalue weighted by Gasteiger charge is -2.21. The van der Waals surface area contributed by atoms with E-state index in [0.29, 0.717) is 13.1 Å². The van der Waals surface area contributed by atoms with Crippen molar-refractivity contribution in [3.8, 4) is 0 Å². The molecule has 1 aromatic rings. The van der Waals surface area contributed by atoms with Crippen molar-refractivity contribution in [3.63, 3.8) is 0 Å². The second-order valence-corrected chi connectivity index (χ2v) is 3.05. The summed E-state index contributed by atoms with van der Waals surface area (Å²) in [6, 6.07) is -0.526. The number of hydrogen-bond acceptors (Lipinski definition) is 4. The van der Waals surface area contributed by atoms with Crippen molar-refractivity contribution in [2.75, 3.05) is 0 Å². The third kappa shape index (κ3) is 2.58. The van der Waals surface area contributed by atoms with E-state index in [1.54, 1.807) is 0 Å². The molecule has 2 rings (SSSR count). The first kappa shape index (κ1) is 14.2. The van der Waals surface area contributed by atoms with Gasteiger partial charge in [0.1, 0.15) is 17.7 Å². The van der Waals surface area contributed by atoms with Crippen LogP contribution in [-0.4, -0.2) is 31.9 Å². The molecule has 0 radical (unpaired) electrons. The van der Waals surface area contributed by atoms with E-state index < -0.39 is 12.0 Å². The van der Waals surface area contributed by atoms with Crippen LogP contribution in [-0.2, 0) is 17.9 Å². The molecule has 1 aromatic heterocycles. The Morgan fingerprint density at radius 3 is 2.80 bits per heavy atom. The maximum atomic E-state index is 10.7. The van der Waals surface area contributed by atoms with Gasteiger partial charge in [-0.25, -0.2) is 0 Å². The highest BCUT2D eigenvalue weighted by Crippen LogP contribution is 2.08. The zero-order chi connectivity index (χ0) is 9.42. The minimum Gasteiger partial charge on any atom is -0.480 e. The minimum atomic E-state index is -0.834. The number of aromatic nitrogens is 3. The molecule has 86 valence electrons. The molecule has 1 atom stereocenters. The first-order valence-corrected chi connectivity index (χ1v) is 4.03. The number of rotatable bonds is 1. The number of carboxylic acid groups (broad SMARTS) is 1. The zero-order valence-electron chi connectivity index (χ0n) is 8.01. The molecular weight excluding hydrogens is 243 g/mol. The van der Waals surface area contributed by atoms with E-state index in [4.69, 9.17) is 5.11 Å². The quantitative estimate of drug-likeness (QED) is 0.737. The van der Waals surface area contributed by atoms with Gasteiger partial charge in [-0.3, -0.25) is 10.1 Å². The highest BCUT2D eigenvalue weighted by molar-refractivity contribution is 5.85. The van der Waals surface area contributed by atoms with Crippen LogP contribution in [0.2, 0.25) is 0 Å². The lowest BCUT2D eigenvalue weighted by molar-refractivity contribution is -0.140. The van der Waals surface area contributed by atoms with Gasteiger partial charge in [-0.1, -0.05) is 0 Å². The van der Waals surface area contributed by atoms with Gasteiger partial charge in [0, 0.05) is 0 Å². The van der Waals surface area contributed by atoms with Crippen molar-refractivity contribution in [1.82, 2.24) is 20.1 Å². The van der Waals surface area contributed by atoms with Gasteiger partial charge in [0.05, 0.1) is 13.1 Å². The predicted octanol–water partition coefficient (Wildman–Crippen LogP) is -0.0135. The number of carboxylic acids is 1. The molecule has 15 heavy (non-hydrogen) atoms. The van der Waals surface area contributed by atoms with Crippen LogP contribution in [0.25, 0.3) is 0 Å². The Bertz CT molecular complexity index is 355. The fourth-order valence-electron chi connectivity index (χ4n) is 1.42. The Morgan fingerprint density at radius 1 is 1.53 bits per heavy atom. The van der Waals surface area contributed by atoms with E-state index in [9.17, 15) is 4.79 Å². The lowest BCUT2D eigenvalue weighted by atomic mass is 10.2. The SMILES string of the molecule is Cc1nnc2n1CC(C(=O)O)NC2.Cl.Cl. The fraction of sp³-hybridized carbons (Fsp3) is 0.571. The molecule has 0 saturated carbocycles. The number of aryl methyl sites for hydroxylation is 1. The minimum absolute atomic E-state index is 0. The van der Waals surface area contributed by atoms with E-state index in [2.05, 4.69) is 15.5 Å². The Balaban J connectivity index is 0.000000980. The summed E-state index contributed by atoms with van der Waals surface area (Å²) in [6.07, 6.45) is 0. The first-order valence-electron chi connectivity index (χ1n) is 4.03. The first-order chi connectivity index (χ1) is 6.18. The van der Waals surface area contributed by atoms with Crippen molar-refractivity contribution in [1.29, 1.82) is 0 Å². The van der Waals surface area contributed by atoms with Crippen molar-refractivity contribution >= 4 is 30.8 Å². The van der Waals surface area contributed by atoms with E-state index >= 15 is 0 Å². The summed E-state index contributed by atoms with van der Waals surface area (Å²) in [5, 5.41) is 19.4. The van der Waals surface area contributed by atoms with Crippen molar-refractivity contribution in [2.45, 2.75) is 26.1 Å². The molecule has 2 heterocycles. The van der Waals surface area contributed by atoms with Crippen LogP contribution in [0.15, 0.2) is 0 Å². The molecule has 1 unspecified atom stereocenters. The van der Waals surface area contributed by atoms with E-state index in [1.807, 2.05) is 11.5 Å². The third-order valence-electron chi connectivity index (χ3n) is 2.18. The maximum absolute atomic E-state index is 10.7. The number of carbonyl (C=O) groups is 1. The summed E-state index contributed by atoms with van der Waals surface area (Å²) in [5.74, 6) is 0.733. The molecular formula is C7H12Cl2N4O2. The van der Waals surface area contributed by atoms with Crippen LogP contribution >= 0.6 is 24.8 Å². The number of nitrogens with one attached hydrogen (secondary N) is 1. The molecule has 1 aliphatic rings. The van der Waals surface area contributed by atoms with Crippen LogP contribution < -0.4 is 5.32 Å². The summed E-state index contributed by atoms with van der Waals surface area (Å²) in [7, 11) is 0. The van der Waals surface area contributed by atoms with Crippen molar-refractivity contribution in [3.05, 3.63) is 11.6 Å². The van der Waals surface area contributed by atoms with Gasteiger partial charge in [-0.2, -0.15) is 0 Å². The average molecular weight is 255 g/mol. The van der Waals surface area contributed by atoms with Gasteiger partial charge in [0.15, 0.2) is 0 Å². The standard InChI is InChI=1S/C7H10N4O2.2ClH/c1-4-9-10-6-2-8-5(7(12)13)3-11(4)6;;/h5,8H,2-3H2,1H3,(H,12,13);2*1H. The largest absolute Gasteiger partial charge is 0.480 e. The van der Waals surface area contributed by atoms with Crippen LogP contribution in [0.5, 0.6) is 0 Å². The Labute approximate surface area is 98.9 Å². The monoisotopic (exact) mass is 254 g/mol. The number of hydrogen-bond donors (Lipinski definition) is 2. The van der Waals surface area contributed by atoms with Gasteiger partial charge in [-0.15, -0.1) is 35.0 Å². The van der Waals surface area contributed by atoms with E-state index in [0.717, 1.165) is 11.6 Å². The van der Waals surface area contributed by atoms with Crippen molar-refractivity contribution < 1.29 is 9.90 Å². The van der Waals surface area contributed by atoms with Gasteiger partial charge in [-0.05, 0) is 6.92 Å². The predicted molar refractivity (Wildman–Crippen MR) is 57.5 cm³/mol. The molecule has 1 aliphatic heterocycles. The van der Waals surface area contributed by atoms with Crippen LogP contribution in [0.3, 0.4) is 0 Å². The van der Waals surface area contributed by atoms with Gasteiger partial charge >= 0.3 is 5.97 Å². The molecule has 2 N–H and O–H groups in total. The summed E-state index contributed by atoms with van der Waals surface area (Å²) in [6.45, 7) is 2.70. The number of halogens is 2. The molecule has 8 heteroatoms. The maximum Gasteiger partial charge on any atom is 0.322 e. The number of aliphatic carboxylic acids is 1. The van der Waals surface area contributed by atoms with Gasteiger partial charge in [0.2, 0.25) is 0 Å². The Hall–Kier alpha value is -0.850. The van der Waals surface area contributed by atoms with Gasteiger partial charge < -0.3 is 9.67 Å². The molecule has 0 aromatic carbocycles. The summed E-state index contributed by atoms with van der Waals surface area (Å²) in [5.41, 5.74) is 0.